The molecular formula is C14H31NO2. The number of hydrogen-bond donors (Lipinski definition) is 1. The summed E-state index contributed by atoms with van der Waals surface area (Å²) in [6, 6.07) is 0.316. The van der Waals surface area contributed by atoms with Gasteiger partial charge in [-0.3, -0.25) is 0 Å². The van der Waals surface area contributed by atoms with Crippen LogP contribution in [0.2, 0.25) is 0 Å². The van der Waals surface area contributed by atoms with E-state index in [-0.39, 0.29) is 6.29 Å². The summed E-state index contributed by atoms with van der Waals surface area (Å²) in [5.74, 6) is 0. The van der Waals surface area contributed by atoms with Crippen molar-refractivity contribution < 1.29 is 9.47 Å². The Kier molecular flexibility index (Phi) is 12.3. The van der Waals surface area contributed by atoms with Crippen LogP contribution in [-0.4, -0.2) is 32.6 Å². The van der Waals surface area contributed by atoms with E-state index in [4.69, 9.17) is 9.47 Å². The Morgan fingerprint density at radius 1 is 0.882 bits per heavy atom. The van der Waals surface area contributed by atoms with E-state index < -0.39 is 0 Å². The number of likely N-dealkylation sites (N-methyl/N-ethyl adjacent to an activating group) is 1. The van der Waals surface area contributed by atoms with Crippen LogP contribution in [-0.2, 0) is 9.47 Å². The van der Waals surface area contributed by atoms with Crippen LogP contribution < -0.4 is 5.32 Å². The molecule has 104 valence electrons. The summed E-state index contributed by atoms with van der Waals surface area (Å²) in [6.07, 6.45) is 7.60. The largest absolute Gasteiger partial charge is 0.351 e. The molecule has 1 atom stereocenters. The van der Waals surface area contributed by atoms with E-state index in [1.54, 1.807) is 0 Å². The van der Waals surface area contributed by atoms with Gasteiger partial charge in [-0.25, -0.2) is 0 Å². The Bertz CT molecular complexity index is 147. The van der Waals surface area contributed by atoms with Crippen LogP contribution in [0.25, 0.3) is 0 Å². The number of nitrogens with one attached hydrogen (secondary N) is 1. The molecule has 3 heteroatoms. The molecule has 0 aliphatic carbocycles. The molecular weight excluding hydrogens is 214 g/mol. The molecule has 0 bridgehead atoms. The smallest absolute Gasteiger partial charge is 0.172 e. The van der Waals surface area contributed by atoms with Crippen molar-refractivity contribution in [1.29, 1.82) is 0 Å². The Hall–Kier alpha value is -0.120. The molecule has 0 amide bonds. The van der Waals surface area contributed by atoms with Gasteiger partial charge in [-0.2, -0.15) is 0 Å². The third-order valence-corrected chi connectivity index (χ3v) is 2.98. The van der Waals surface area contributed by atoms with Crippen LogP contribution in [0.1, 0.15) is 59.3 Å². The molecule has 1 unspecified atom stereocenters. The normalized spacial score (nSPS) is 13.2. The maximum Gasteiger partial charge on any atom is 0.172 e. The molecule has 1 N–H and O–H groups in total. The van der Waals surface area contributed by atoms with Gasteiger partial charge in [0.25, 0.3) is 0 Å². The first-order valence-corrected chi connectivity index (χ1v) is 7.20. The zero-order chi connectivity index (χ0) is 12.9. The summed E-state index contributed by atoms with van der Waals surface area (Å²) >= 11 is 0. The van der Waals surface area contributed by atoms with E-state index in [1.165, 1.54) is 32.1 Å². The lowest BCUT2D eigenvalue weighted by Crippen LogP contribution is -2.41. The van der Waals surface area contributed by atoms with Gasteiger partial charge in [0.15, 0.2) is 6.29 Å². The van der Waals surface area contributed by atoms with Crippen LogP contribution in [0.5, 0.6) is 0 Å². The minimum absolute atomic E-state index is 0.0961. The Labute approximate surface area is 107 Å². The van der Waals surface area contributed by atoms with Crippen LogP contribution in [0.4, 0.5) is 0 Å². The monoisotopic (exact) mass is 245 g/mol. The fourth-order valence-electron chi connectivity index (χ4n) is 1.99. The van der Waals surface area contributed by atoms with Gasteiger partial charge >= 0.3 is 0 Å². The highest BCUT2D eigenvalue weighted by Gasteiger charge is 2.19. The molecule has 0 saturated carbocycles. The van der Waals surface area contributed by atoms with Crippen molar-refractivity contribution in [3.8, 4) is 0 Å². The van der Waals surface area contributed by atoms with Gasteiger partial charge in [0.2, 0.25) is 0 Å². The lowest BCUT2D eigenvalue weighted by Gasteiger charge is -2.26. The summed E-state index contributed by atoms with van der Waals surface area (Å²) < 4.78 is 11.3. The van der Waals surface area contributed by atoms with Crippen molar-refractivity contribution in [3.05, 3.63) is 0 Å². The first-order chi connectivity index (χ1) is 8.29. The molecule has 0 saturated heterocycles. The summed E-state index contributed by atoms with van der Waals surface area (Å²) in [5, 5.41) is 3.31. The van der Waals surface area contributed by atoms with Crippen molar-refractivity contribution in [2.45, 2.75) is 71.6 Å². The molecule has 0 spiro atoms. The van der Waals surface area contributed by atoms with Crippen molar-refractivity contribution >= 4 is 0 Å². The lowest BCUT2D eigenvalue weighted by molar-refractivity contribution is -0.154. The Morgan fingerprint density at radius 2 is 1.47 bits per heavy atom. The summed E-state index contributed by atoms with van der Waals surface area (Å²) in [5.41, 5.74) is 0. The van der Waals surface area contributed by atoms with Crippen LogP contribution in [0, 0.1) is 0 Å². The van der Waals surface area contributed by atoms with E-state index in [9.17, 15) is 0 Å². The summed E-state index contributed by atoms with van der Waals surface area (Å²) in [6.45, 7) is 7.69. The highest BCUT2D eigenvalue weighted by atomic mass is 16.7. The first kappa shape index (κ1) is 16.9. The van der Waals surface area contributed by atoms with Gasteiger partial charge in [-0.1, -0.05) is 39.0 Å². The molecule has 0 aliphatic rings. The van der Waals surface area contributed by atoms with Crippen molar-refractivity contribution in [1.82, 2.24) is 5.32 Å². The SMILES string of the molecule is CCCCCCCC(NC)C(OCC)OCC. The molecule has 0 fully saturated rings. The lowest BCUT2D eigenvalue weighted by atomic mass is 10.1. The topological polar surface area (TPSA) is 30.5 Å². The maximum atomic E-state index is 5.63. The van der Waals surface area contributed by atoms with Gasteiger partial charge in [-0.05, 0) is 27.3 Å². The van der Waals surface area contributed by atoms with Crippen molar-refractivity contribution in [3.63, 3.8) is 0 Å². The van der Waals surface area contributed by atoms with Crippen molar-refractivity contribution in [2.75, 3.05) is 20.3 Å². The molecule has 0 radical (unpaired) electrons. The molecule has 0 aliphatic heterocycles. The van der Waals surface area contributed by atoms with Crippen LogP contribution >= 0.6 is 0 Å². The van der Waals surface area contributed by atoms with E-state index in [0.29, 0.717) is 19.3 Å². The third kappa shape index (κ3) is 8.58. The van der Waals surface area contributed by atoms with Crippen LogP contribution in [0.15, 0.2) is 0 Å². The second-order valence-corrected chi connectivity index (χ2v) is 4.38. The highest BCUT2D eigenvalue weighted by molar-refractivity contribution is 4.69. The summed E-state index contributed by atoms with van der Waals surface area (Å²) in [4.78, 5) is 0. The molecule has 3 nitrogen and oxygen atoms in total. The Morgan fingerprint density at radius 3 is 1.94 bits per heavy atom. The second kappa shape index (κ2) is 12.3. The highest BCUT2D eigenvalue weighted by Crippen LogP contribution is 2.12. The molecule has 0 aromatic rings. The average Bonchev–Trinajstić information content (AvgIpc) is 2.34. The van der Waals surface area contributed by atoms with E-state index in [1.807, 2.05) is 20.9 Å². The maximum absolute atomic E-state index is 5.63. The van der Waals surface area contributed by atoms with E-state index >= 15 is 0 Å². The minimum atomic E-state index is -0.0961. The average molecular weight is 245 g/mol. The predicted octanol–water partition coefficient (Wildman–Crippen LogP) is 3.33. The molecule has 0 heterocycles. The summed E-state index contributed by atoms with van der Waals surface area (Å²) in [7, 11) is 1.99. The molecule has 0 aromatic heterocycles. The number of ether oxygens (including phenoxy) is 2. The fraction of sp³-hybridized carbons (Fsp3) is 1.00. The quantitative estimate of drug-likeness (QED) is 0.422. The van der Waals surface area contributed by atoms with E-state index in [2.05, 4.69) is 12.2 Å². The minimum Gasteiger partial charge on any atom is -0.351 e. The molecule has 0 rings (SSSR count). The molecule has 0 aromatic carbocycles. The molecule has 17 heavy (non-hydrogen) atoms. The van der Waals surface area contributed by atoms with Gasteiger partial charge in [0.1, 0.15) is 0 Å². The number of hydrogen-bond acceptors (Lipinski definition) is 3. The zero-order valence-electron chi connectivity index (χ0n) is 12.1. The fourth-order valence-corrected chi connectivity index (χ4v) is 1.99. The number of unbranched alkanes of at least 4 members (excludes halogenated alkanes) is 4. The van der Waals surface area contributed by atoms with Gasteiger partial charge < -0.3 is 14.8 Å². The Balaban J connectivity index is 3.83. The van der Waals surface area contributed by atoms with Gasteiger partial charge in [0.05, 0.1) is 6.04 Å². The predicted molar refractivity (Wildman–Crippen MR) is 73.3 cm³/mol. The standard InChI is InChI=1S/C14H31NO2/c1-5-8-9-10-11-12-13(15-4)14(16-6-2)17-7-3/h13-15H,5-12H2,1-4H3. The number of rotatable bonds is 12. The zero-order valence-corrected chi connectivity index (χ0v) is 12.1. The van der Waals surface area contributed by atoms with Crippen molar-refractivity contribution in [2.24, 2.45) is 0 Å². The first-order valence-electron chi connectivity index (χ1n) is 7.20. The third-order valence-electron chi connectivity index (χ3n) is 2.98. The van der Waals surface area contributed by atoms with Gasteiger partial charge in [-0.15, -0.1) is 0 Å². The van der Waals surface area contributed by atoms with Crippen LogP contribution in [0.3, 0.4) is 0 Å². The second-order valence-electron chi connectivity index (χ2n) is 4.38. The van der Waals surface area contributed by atoms with E-state index in [0.717, 1.165) is 6.42 Å². The van der Waals surface area contributed by atoms with Gasteiger partial charge in [0, 0.05) is 13.2 Å².